The van der Waals surface area contributed by atoms with Gasteiger partial charge in [-0.05, 0) is 44.8 Å². The second kappa shape index (κ2) is 9.13. The Morgan fingerprint density at radius 3 is 2.38 bits per heavy atom. The van der Waals surface area contributed by atoms with Gasteiger partial charge in [0.05, 0.1) is 7.11 Å². The van der Waals surface area contributed by atoms with Crippen LogP contribution in [-0.4, -0.2) is 50.9 Å². The molecule has 1 rings (SSSR count). The Bertz CT molecular complexity index is 455. The molecular formula is C16H24N2O3. The van der Waals surface area contributed by atoms with Crippen LogP contribution in [0.5, 0.6) is 5.75 Å². The molecule has 5 nitrogen and oxygen atoms in total. The zero-order valence-electron chi connectivity index (χ0n) is 13.0. The minimum absolute atomic E-state index is 0.000573. The van der Waals surface area contributed by atoms with E-state index in [9.17, 15) is 9.59 Å². The molecule has 0 aromatic heterocycles. The van der Waals surface area contributed by atoms with Crippen LogP contribution in [0, 0.1) is 0 Å². The molecule has 0 saturated carbocycles. The molecule has 116 valence electrons. The first-order valence-electron chi connectivity index (χ1n) is 7.11. The molecule has 0 aliphatic rings. The van der Waals surface area contributed by atoms with Gasteiger partial charge < -0.3 is 15.0 Å². The lowest BCUT2D eigenvalue weighted by molar-refractivity contribution is -0.121. The Hall–Kier alpha value is -1.88. The molecule has 1 aromatic rings. The Balaban J connectivity index is 2.24. The number of hydrogen-bond acceptors (Lipinski definition) is 4. The highest BCUT2D eigenvalue weighted by molar-refractivity contribution is 5.96. The van der Waals surface area contributed by atoms with E-state index < -0.39 is 0 Å². The number of Topliss-reactive ketones (excluding diaryl/α,β-unsaturated/α-hetero) is 1. The van der Waals surface area contributed by atoms with Crippen molar-refractivity contribution in [3.05, 3.63) is 29.8 Å². The van der Waals surface area contributed by atoms with Gasteiger partial charge in [0.15, 0.2) is 5.78 Å². The predicted octanol–water partition coefficient (Wildman–Crippen LogP) is 1.73. The standard InChI is InChI=1S/C16H24N2O3/c1-18(2)12-11-17-16(20)6-4-5-15(19)13-7-9-14(21-3)10-8-13/h7-10H,4-6,11-12H2,1-3H3,(H,17,20). The van der Waals surface area contributed by atoms with E-state index in [-0.39, 0.29) is 11.7 Å². The first kappa shape index (κ1) is 17.2. The number of rotatable bonds is 9. The Morgan fingerprint density at radius 1 is 1.14 bits per heavy atom. The van der Waals surface area contributed by atoms with Crippen LogP contribution in [-0.2, 0) is 4.79 Å². The van der Waals surface area contributed by atoms with E-state index in [0.29, 0.717) is 31.4 Å². The monoisotopic (exact) mass is 292 g/mol. The van der Waals surface area contributed by atoms with Crippen molar-refractivity contribution in [2.45, 2.75) is 19.3 Å². The molecule has 0 radical (unpaired) electrons. The highest BCUT2D eigenvalue weighted by Gasteiger charge is 2.08. The number of carbonyl (C=O) groups is 2. The van der Waals surface area contributed by atoms with Crippen molar-refractivity contribution in [1.29, 1.82) is 0 Å². The number of benzene rings is 1. The number of ketones is 1. The highest BCUT2D eigenvalue weighted by atomic mass is 16.5. The fraction of sp³-hybridized carbons (Fsp3) is 0.500. The van der Waals surface area contributed by atoms with E-state index >= 15 is 0 Å². The van der Waals surface area contributed by atoms with Gasteiger partial charge in [-0.1, -0.05) is 0 Å². The van der Waals surface area contributed by atoms with Gasteiger partial charge in [-0.2, -0.15) is 0 Å². The Kier molecular flexibility index (Phi) is 7.46. The number of ether oxygens (including phenoxy) is 1. The van der Waals surface area contributed by atoms with Crippen molar-refractivity contribution in [2.75, 3.05) is 34.3 Å². The van der Waals surface area contributed by atoms with E-state index in [1.165, 1.54) is 0 Å². The van der Waals surface area contributed by atoms with Gasteiger partial charge in [0.2, 0.25) is 5.91 Å². The molecule has 0 aliphatic heterocycles. The summed E-state index contributed by atoms with van der Waals surface area (Å²) < 4.78 is 5.05. The van der Waals surface area contributed by atoms with E-state index in [4.69, 9.17) is 4.74 Å². The van der Waals surface area contributed by atoms with Gasteiger partial charge in [0.25, 0.3) is 0 Å². The normalized spacial score (nSPS) is 10.5. The number of amides is 1. The first-order chi connectivity index (χ1) is 10.0. The van der Waals surface area contributed by atoms with Crippen molar-refractivity contribution in [3.63, 3.8) is 0 Å². The van der Waals surface area contributed by atoms with Crippen LogP contribution in [0.25, 0.3) is 0 Å². The molecule has 0 bridgehead atoms. The third-order valence-electron chi connectivity index (χ3n) is 3.10. The van der Waals surface area contributed by atoms with Crippen molar-refractivity contribution in [3.8, 4) is 5.75 Å². The van der Waals surface area contributed by atoms with Crippen molar-refractivity contribution < 1.29 is 14.3 Å². The van der Waals surface area contributed by atoms with Crippen LogP contribution in [0.1, 0.15) is 29.6 Å². The molecule has 21 heavy (non-hydrogen) atoms. The SMILES string of the molecule is COc1ccc(C(=O)CCCC(=O)NCCN(C)C)cc1. The minimum Gasteiger partial charge on any atom is -0.497 e. The second-order valence-electron chi connectivity index (χ2n) is 5.16. The van der Waals surface area contributed by atoms with Crippen LogP contribution in [0.3, 0.4) is 0 Å². The van der Waals surface area contributed by atoms with Gasteiger partial charge in [0, 0.05) is 31.5 Å². The van der Waals surface area contributed by atoms with Crippen LogP contribution >= 0.6 is 0 Å². The maximum Gasteiger partial charge on any atom is 0.220 e. The third-order valence-corrected chi connectivity index (χ3v) is 3.10. The third kappa shape index (κ3) is 6.90. The summed E-state index contributed by atoms with van der Waals surface area (Å²) >= 11 is 0. The molecule has 0 aliphatic carbocycles. The molecule has 0 saturated heterocycles. The lowest BCUT2D eigenvalue weighted by atomic mass is 10.1. The largest absolute Gasteiger partial charge is 0.497 e. The summed E-state index contributed by atoms with van der Waals surface area (Å²) in [6.45, 7) is 1.45. The van der Waals surface area contributed by atoms with Crippen LogP contribution in [0.2, 0.25) is 0 Å². The number of nitrogens with one attached hydrogen (secondary N) is 1. The molecule has 1 amide bonds. The van der Waals surface area contributed by atoms with E-state index in [1.54, 1.807) is 31.4 Å². The molecule has 0 heterocycles. The fourth-order valence-electron chi connectivity index (χ4n) is 1.84. The fourth-order valence-corrected chi connectivity index (χ4v) is 1.84. The predicted molar refractivity (Wildman–Crippen MR) is 82.7 cm³/mol. The number of carbonyl (C=O) groups excluding carboxylic acids is 2. The number of hydrogen-bond donors (Lipinski definition) is 1. The van der Waals surface area contributed by atoms with Gasteiger partial charge in [0.1, 0.15) is 5.75 Å². The smallest absolute Gasteiger partial charge is 0.220 e. The summed E-state index contributed by atoms with van der Waals surface area (Å²) in [5.74, 6) is 0.782. The van der Waals surface area contributed by atoms with E-state index in [2.05, 4.69) is 5.32 Å². The maximum absolute atomic E-state index is 11.9. The molecule has 0 spiro atoms. The van der Waals surface area contributed by atoms with Crippen molar-refractivity contribution in [1.82, 2.24) is 10.2 Å². The first-order valence-corrected chi connectivity index (χ1v) is 7.11. The van der Waals surface area contributed by atoms with E-state index in [1.807, 2.05) is 19.0 Å². The molecule has 5 heteroatoms. The Morgan fingerprint density at radius 2 is 1.81 bits per heavy atom. The molecular weight excluding hydrogens is 268 g/mol. The van der Waals surface area contributed by atoms with Crippen molar-refractivity contribution in [2.24, 2.45) is 0 Å². The summed E-state index contributed by atoms with van der Waals surface area (Å²) in [5.41, 5.74) is 0.656. The van der Waals surface area contributed by atoms with Gasteiger partial charge in [-0.25, -0.2) is 0 Å². The number of nitrogens with zero attached hydrogens (tertiary/aromatic N) is 1. The molecule has 0 fully saturated rings. The summed E-state index contributed by atoms with van der Waals surface area (Å²) in [6.07, 6.45) is 1.33. The quantitative estimate of drug-likeness (QED) is 0.704. The second-order valence-corrected chi connectivity index (χ2v) is 5.16. The summed E-state index contributed by atoms with van der Waals surface area (Å²) in [7, 11) is 5.51. The summed E-state index contributed by atoms with van der Waals surface area (Å²) in [6, 6.07) is 7.03. The van der Waals surface area contributed by atoms with Crippen LogP contribution in [0.15, 0.2) is 24.3 Å². The Labute approximate surface area is 126 Å². The highest BCUT2D eigenvalue weighted by Crippen LogP contribution is 2.13. The molecule has 0 unspecified atom stereocenters. The average Bonchev–Trinajstić information content (AvgIpc) is 2.46. The molecule has 1 N–H and O–H groups in total. The van der Waals surface area contributed by atoms with Gasteiger partial charge in [-0.15, -0.1) is 0 Å². The maximum atomic E-state index is 11.9. The lowest BCUT2D eigenvalue weighted by Crippen LogP contribution is -2.31. The van der Waals surface area contributed by atoms with Gasteiger partial charge in [-0.3, -0.25) is 9.59 Å². The zero-order chi connectivity index (χ0) is 15.7. The van der Waals surface area contributed by atoms with Crippen LogP contribution < -0.4 is 10.1 Å². The lowest BCUT2D eigenvalue weighted by Gasteiger charge is -2.10. The summed E-state index contributed by atoms with van der Waals surface area (Å²) in [4.78, 5) is 25.5. The van der Waals surface area contributed by atoms with E-state index in [0.717, 1.165) is 12.3 Å². The molecule has 0 atom stereocenters. The van der Waals surface area contributed by atoms with Crippen molar-refractivity contribution >= 4 is 11.7 Å². The van der Waals surface area contributed by atoms with Crippen LogP contribution in [0.4, 0.5) is 0 Å². The summed E-state index contributed by atoms with van der Waals surface area (Å²) in [5, 5.41) is 2.83. The number of likely N-dealkylation sites (N-methyl/N-ethyl adjacent to an activating group) is 1. The average molecular weight is 292 g/mol. The van der Waals surface area contributed by atoms with Gasteiger partial charge >= 0.3 is 0 Å². The minimum atomic E-state index is -0.000573. The topological polar surface area (TPSA) is 58.6 Å². The molecule has 1 aromatic carbocycles. The zero-order valence-corrected chi connectivity index (χ0v) is 13.0. The number of methoxy groups -OCH3 is 1.